The lowest BCUT2D eigenvalue weighted by Gasteiger charge is -2.25. The Morgan fingerprint density at radius 2 is 1.52 bits per heavy atom. The number of aliphatic hydroxyl groups excluding tert-OH is 1. The van der Waals surface area contributed by atoms with E-state index in [1.165, 1.54) is 37.9 Å². The van der Waals surface area contributed by atoms with Gasteiger partial charge in [0.15, 0.2) is 0 Å². The van der Waals surface area contributed by atoms with Crippen LogP contribution in [0, 0.1) is 0 Å². The summed E-state index contributed by atoms with van der Waals surface area (Å²) in [5, 5.41) is 29.5. The molecule has 4 nitrogen and oxygen atoms in total. The van der Waals surface area contributed by atoms with Gasteiger partial charge in [-0.3, -0.25) is 4.84 Å². The van der Waals surface area contributed by atoms with E-state index in [0.717, 1.165) is 5.56 Å². The Bertz CT molecular complexity index is 1380. The molecule has 0 aliphatic carbocycles. The second kappa shape index (κ2) is 7.20. The van der Waals surface area contributed by atoms with Gasteiger partial charge in [0.1, 0.15) is 11.9 Å². The first-order chi connectivity index (χ1) is 15.2. The van der Waals surface area contributed by atoms with Crippen molar-refractivity contribution in [2.24, 2.45) is 0 Å². The molecule has 1 aliphatic rings. The molecule has 2 N–H and O–H groups in total. The topological polar surface area (TPSA) is 52.9 Å². The quantitative estimate of drug-likeness (QED) is 0.383. The zero-order chi connectivity index (χ0) is 20.9. The molecular formula is C27H23NO3. The lowest BCUT2D eigenvalue weighted by Crippen LogP contribution is -2.23. The fourth-order valence-electron chi connectivity index (χ4n) is 5.07. The van der Waals surface area contributed by atoms with Gasteiger partial charge in [-0.15, -0.1) is 0 Å². The van der Waals surface area contributed by atoms with Crippen LogP contribution in [0.5, 0.6) is 5.75 Å². The molecule has 154 valence electrons. The summed E-state index contributed by atoms with van der Waals surface area (Å²) in [6.45, 7) is 0.426. The second-order valence-corrected chi connectivity index (χ2v) is 8.38. The van der Waals surface area contributed by atoms with E-state index < -0.39 is 0 Å². The Morgan fingerprint density at radius 1 is 0.806 bits per heavy atom. The molecular weight excluding hydrogens is 386 g/mol. The van der Waals surface area contributed by atoms with Gasteiger partial charge in [-0.1, -0.05) is 72.8 Å². The lowest BCUT2D eigenvalue weighted by molar-refractivity contribution is -0.178. The van der Waals surface area contributed by atoms with E-state index in [-0.39, 0.29) is 24.5 Å². The standard InChI is InChI=1S/C27H23NO3/c29-16-21-14-24(28(31-21)15-20-4-1-2-7-25(20)30)22-12-10-19-9-8-17-5-3-6-18-11-13-23(22)27(19)26(17)18/h1-13,21,24,29-30H,14-16H2/t21-,24-/m1/s1. The largest absolute Gasteiger partial charge is 0.508 e. The van der Waals surface area contributed by atoms with Gasteiger partial charge in [-0.25, -0.2) is 0 Å². The van der Waals surface area contributed by atoms with Crippen LogP contribution in [-0.2, 0) is 11.4 Å². The Hall–Kier alpha value is -3.18. The minimum absolute atomic E-state index is 0.0127. The molecule has 1 heterocycles. The molecule has 0 aromatic heterocycles. The third-order valence-corrected chi connectivity index (χ3v) is 6.56. The zero-order valence-corrected chi connectivity index (χ0v) is 17.0. The van der Waals surface area contributed by atoms with Gasteiger partial charge < -0.3 is 10.2 Å². The third kappa shape index (κ3) is 2.95. The fraction of sp³-hybridized carbons (Fsp3) is 0.185. The van der Waals surface area contributed by atoms with Crippen molar-refractivity contribution in [1.82, 2.24) is 5.06 Å². The second-order valence-electron chi connectivity index (χ2n) is 8.38. The normalized spacial score (nSPS) is 19.8. The SMILES string of the molecule is OC[C@H]1C[C@H](c2ccc3ccc4cccc5ccc2c3c45)N(Cc2ccccc2O)O1. The van der Waals surface area contributed by atoms with Crippen LogP contribution in [0.1, 0.15) is 23.6 Å². The first kappa shape index (κ1) is 18.6. The Kier molecular flexibility index (Phi) is 4.32. The fourth-order valence-corrected chi connectivity index (χ4v) is 5.07. The van der Waals surface area contributed by atoms with Crippen molar-refractivity contribution in [2.75, 3.05) is 6.61 Å². The lowest BCUT2D eigenvalue weighted by atomic mass is 9.89. The van der Waals surface area contributed by atoms with E-state index in [1.54, 1.807) is 6.07 Å². The number of hydrogen-bond donors (Lipinski definition) is 2. The van der Waals surface area contributed by atoms with Gasteiger partial charge >= 0.3 is 0 Å². The summed E-state index contributed by atoms with van der Waals surface area (Å²) in [6, 6.07) is 26.9. The van der Waals surface area contributed by atoms with E-state index in [0.29, 0.717) is 13.0 Å². The molecule has 1 saturated heterocycles. The molecule has 5 aromatic rings. The number of hydroxylamine groups is 2. The number of nitrogens with zero attached hydrogens (tertiary/aromatic N) is 1. The molecule has 4 heteroatoms. The van der Waals surface area contributed by atoms with Gasteiger partial charge in [0, 0.05) is 5.56 Å². The average Bonchev–Trinajstić information content (AvgIpc) is 3.21. The number of hydrogen-bond acceptors (Lipinski definition) is 4. The van der Waals surface area contributed by atoms with Gasteiger partial charge in [0.05, 0.1) is 19.2 Å². The Morgan fingerprint density at radius 3 is 2.29 bits per heavy atom. The van der Waals surface area contributed by atoms with E-state index in [1.807, 2.05) is 23.3 Å². The smallest absolute Gasteiger partial charge is 0.120 e. The van der Waals surface area contributed by atoms with Crippen molar-refractivity contribution in [3.05, 3.63) is 90.0 Å². The maximum Gasteiger partial charge on any atom is 0.120 e. The van der Waals surface area contributed by atoms with Crippen molar-refractivity contribution < 1.29 is 15.1 Å². The van der Waals surface area contributed by atoms with Gasteiger partial charge in [0.25, 0.3) is 0 Å². The molecule has 0 amide bonds. The first-order valence-corrected chi connectivity index (χ1v) is 10.7. The van der Waals surface area contributed by atoms with Crippen molar-refractivity contribution in [1.29, 1.82) is 0 Å². The summed E-state index contributed by atoms with van der Waals surface area (Å²) in [5.74, 6) is 0.257. The highest BCUT2D eigenvalue weighted by Crippen LogP contribution is 2.43. The van der Waals surface area contributed by atoms with Gasteiger partial charge in [-0.05, 0) is 50.4 Å². The predicted molar refractivity (Wildman–Crippen MR) is 123 cm³/mol. The number of benzene rings is 5. The van der Waals surface area contributed by atoms with Crippen molar-refractivity contribution in [3.63, 3.8) is 0 Å². The number of phenols is 1. The predicted octanol–water partition coefficient (Wildman–Crippen LogP) is 5.53. The summed E-state index contributed by atoms with van der Waals surface area (Å²) in [6.07, 6.45) is 0.447. The van der Waals surface area contributed by atoms with Crippen LogP contribution < -0.4 is 0 Å². The highest BCUT2D eigenvalue weighted by atomic mass is 16.7. The van der Waals surface area contributed by atoms with Crippen LogP contribution in [0.4, 0.5) is 0 Å². The highest BCUT2D eigenvalue weighted by Gasteiger charge is 2.35. The first-order valence-electron chi connectivity index (χ1n) is 10.7. The van der Waals surface area contributed by atoms with Crippen LogP contribution in [-0.4, -0.2) is 28.0 Å². The van der Waals surface area contributed by atoms with E-state index in [4.69, 9.17) is 4.84 Å². The molecule has 6 rings (SSSR count). The number of aromatic hydroxyl groups is 1. The Labute approximate surface area is 180 Å². The molecule has 1 fully saturated rings. The molecule has 5 aromatic carbocycles. The summed E-state index contributed by atoms with van der Waals surface area (Å²) >= 11 is 0. The van der Waals surface area contributed by atoms with Crippen molar-refractivity contribution in [3.8, 4) is 5.75 Å². The molecule has 0 radical (unpaired) electrons. The number of rotatable bonds is 4. The third-order valence-electron chi connectivity index (χ3n) is 6.56. The number of phenolic OH excluding ortho intramolecular Hbond substituents is 1. The molecule has 0 bridgehead atoms. The molecule has 0 spiro atoms. The molecule has 1 aliphatic heterocycles. The molecule has 0 saturated carbocycles. The van der Waals surface area contributed by atoms with Crippen molar-refractivity contribution >= 4 is 32.3 Å². The minimum atomic E-state index is -0.255. The summed E-state index contributed by atoms with van der Waals surface area (Å²) < 4.78 is 0. The monoisotopic (exact) mass is 409 g/mol. The van der Waals surface area contributed by atoms with Crippen LogP contribution in [0.3, 0.4) is 0 Å². The average molecular weight is 409 g/mol. The van der Waals surface area contributed by atoms with Crippen molar-refractivity contribution in [2.45, 2.75) is 25.1 Å². The Balaban J connectivity index is 1.51. The molecule has 31 heavy (non-hydrogen) atoms. The summed E-state index contributed by atoms with van der Waals surface area (Å²) in [7, 11) is 0. The molecule has 2 atom stereocenters. The van der Waals surface area contributed by atoms with E-state index in [9.17, 15) is 10.2 Å². The van der Waals surface area contributed by atoms with Gasteiger partial charge in [-0.2, -0.15) is 5.06 Å². The van der Waals surface area contributed by atoms with E-state index >= 15 is 0 Å². The number of para-hydroxylation sites is 1. The minimum Gasteiger partial charge on any atom is -0.508 e. The maximum atomic E-state index is 10.3. The summed E-state index contributed by atoms with van der Waals surface area (Å²) in [5.41, 5.74) is 2.00. The van der Waals surface area contributed by atoms with Crippen LogP contribution in [0.15, 0.2) is 78.9 Å². The summed E-state index contributed by atoms with van der Waals surface area (Å²) in [4.78, 5) is 6.10. The zero-order valence-electron chi connectivity index (χ0n) is 17.0. The highest BCUT2D eigenvalue weighted by molar-refractivity contribution is 6.23. The van der Waals surface area contributed by atoms with Crippen LogP contribution in [0.2, 0.25) is 0 Å². The van der Waals surface area contributed by atoms with Crippen LogP contribution in [0.25, 0.3) is 32.3 Å². The number of aliphatic hydroxyl groups is 1. The van der Waals surface area contributed by atoms with Crippen LogP contribution >= 0.6 is 0 Å². The molecule has 0 unspecified atom stereocenters. The van der Waals surface area contributed by atoms with E-state index in [2.05, 4.69) is 54.6 Å². The maximum absolute atomic E-state index is 10.3. The van der Waals surface area contributed by atoms with Gasteiger partial charge in [0.2, 0.25) is 0 Å².